The molecule has 2 heterocycles. The molecule has 136 valence electrons. The number of benzene rings is 2. The number of ether oxygens (including phenoxy) is 1. The average molecular weight is 366 g/mol. The molecule has 4 rings (SSSR count). The third kappa shape index (κ3) is 3.38. The number of fused-ring (bicyclic) bond motifs is 1. The Morgan fingerprint density at radius 2 is 1.93 bits per heavy atom. The number of aromatic nitrogens is 1. The zero-order chi connectivity index (χ0) is 18.8. The fraction of sp³-hybridized carbons (Fsp3) is 0.143. The maximum absolute atomic E-state index is 14.5. The van der Waals surface area contributed by atoms with Gasteiger partial charge in [-0.1, -0.05) is 36.4 Å². The van der Waals surface area contributed by atoms with Crippen molar-refractivity contribution >= 4 is 11.9 Å². The maximum Gasteiger partial charge on any atom is 0.198 e. The zero-order valence-electron chi connectivity index (χ0n) is 14.3. The molecule has 0 amide bonds. The lowest BCUT2D eigenvalue weighted by molar-refractivity contribution is 0.103. The molecule has 2 aromatic carbocycles. The van der Waals surface area contributed by atoms with Crippen LogP contribution in [0.5, 0.6) is 5.75 Å². The van der Waals surface area contributed by atoms with Crippen LogP contribution < -0.4 is 15.4 Å². The first-order valence-corrected chi connectivity index (χ1v) is 8.56. The van der Waals surface area contributed by atoms with E-state index in [1.807, 2.05) is 36.4 Å². The van der Waals surface area contributed by atoms with Crippen molar-refractivity contribution in [3.05, 3.63) is 87.7 Å². The van der Waals surface area contributed by atoms with Gasteiger partial charge in [-0.2, -0.15) is 0 Å². The second-order valence-electron chi connectivity index (χ2n) is 6.21. The third-order valence-electron chi connectivity index (χ3n) is 4.39. The fourth-order valence-electron chi connectivity index (χ4n) is 3.03. The highest BCUT2D eigenvalue weighted by Crippen LogP contribution is 2.24. The number of H-pyrrole nitrogens is 1. The first-order valence-electron chi connectivity index (χ1n) is 8.56. The summed E-state index contributed by atoms with van der Waals surface area (Å²) in [5.74, 6) is -2.43. The van der Waals surface area contributed by atoms with Gasteiger partial charge in [0.25, 0.3) is 0 Å². The van der Waals surface area contributed by atoms with Crippen molar-refractivity contribution in [1.29, 1.82) is 0 Å². The molecule has 27 heavy (non-hydrogen) atoms. The second-order valence-corrected chi connectivity index (χ2v) is 6.21. The molecule has 6 heteroatoms. The number of ketones is 1. The van der Waals surface area contributed by atoms with Crippen molar-refractivity contribution in [1.82, 2.24) is 4.98 Å². The highest BCUT2D eigenvalue weighted by molar-refractivity contribution is 6.09. The number of hydrogen-bond donors (Lipinski definition) is 1. The van der Waals surface area contributed by atoms with Gasteiger partial charge in [-0.25, -0.2) is 8.78 Å². The highest BCUT2D eigenvalue weighted by atomic mass is 19.1. The summed E-state index contributed by atoms with van der Waals surface area (Å²) in [5, 5.41) is 0.635. The summed E-state index contributed by atoms with van der Waals surface area (Å²) in [6.07, 6.45) is 4.06. The molecule has 0 fully saturated rings. The Hall–Kier alpha value is -3.28. The van der Waals surface area contributed by atoms with Gasteiger partial charge in [-0.05, 0) is 18.1 Å². The molecule has 0 atom stereocenters. The van der Waals surface area contributed by atoms with Crippen molar-refractivity contribution in [2.24, 2.45) is 4.99 Å². The SMILES string of the molecule is O=C(c1cc(F)c(OCc2ccccc2)cc1F)c1c[nH]c2c1=CCCN=2. The lowest BCUT2D eigenvalue weighted by Gasteiger charge is -2.10. The van der Waals surface area contributed by atoms with E-state index < -0.39 is 17.4 Å². The smallest absolute Gasteiger partial charge is 0.198 e. The molecule has 1 aromatic heterocycles. The Morgan fingerprint density at radius 3 is 2.74 bits per heavy atom. The van der Waals surface area contributed by atoms with Crippen LogP contribution in [0.2, 0.25) is 0 Å². The predicted molar refractivity (Wildman–Crippen MR) is 96.1 cm³/mol. The van der Waals surface area contributed by atoms with E-state index >= 15 is 0 Å². The standard InChI is InChI=1S/C21H16F2N2O2/c22-17-10-19(27-12-13-5-2-1-3-6-13)18(23)9-15(17)20(26)16-11-25-21-14(16)7-4-8-24-21/h1-3,5-7,9-11H,4,8,12H2,(H,24,25). The molecule has 0 saturated heterocycles. The predicted octanol–water partition coefficient (Wildman–Crippen LogP) is 2.91. The van der Waals surface area contributed by atoms with Gasteiger partial charge in [0.05, 0.1) is 5.56 Å². The second kappa shape index (κ2) is 7.15. The number of carbonyl (C=O) groups is 1. The van der Waals surface area contributed by atoms with Crippen LogP contribution in [0.1, 0.15) is 27.9 Å². The molecule has 3 aromatic rings. The number of carbonyl (C=O) groups excluding carboxylic acids is 1. The number of nitrogens with one attached hydrogen (secondary N) is 1. The molecule has 1 aliphatic heterocycles. The minimum Gasteiger partial charge on any atom is -0.486 e. The first-order chi connectivity index (χ1) is 13.1. The molecule has 1 aliphatic rings. The minimum absolute atomic E-state index is 0.103. The summed E-state index contributed by atoms with van der Waals surface area (Å²) in [6.45, 7) is 0.740. The van der Waals surface area contributed by atoms with Gasteiger partial charge >= 0.3 is 0 Å². The Balaban J connectivity index is 1.62. The summed E-state index contributed by atoms with van der Waals surface area (Å²) < 4.78 is 34.3. The van der Waals surface area contributed by atoms with Crippen LogP contribution >= 0.6 is 0 Å². The van der Waals surface area contributed by atoms with Crippen molar-refractivity contribution < 1.29 is 18.3 Å². The topological polar surface area (TPSA) is 54.5 Å². The van der Waals surface area contributed by atoms with Gasteiger partial charge in [-0.15, -0.1) is 0 Å². The highest BCUT2D eigenvalue weighted by Gasteiger charge is 2.21. The molecule has 0 spiro atoms. The van der Waals surface area contributed by atoms with E-state index in [2.05, 4.69) is 9.98 Å². The summed E-state index contributed by atoms with van der Waals surface area (Å²) >= 11 is 0. The van der Waals surface area contributed by atoms with E-state index in [1.165, 1.54) is 6.20 Å². The molecule has 0 aliphatic carbocycles. The Kier molecular flexibility index (Phi) is 4.54. The lowest BCUT2D eigenvalue weighted by Crippen LogP contribution is -2.30. The summed E-state index contributed by atoms with van der Waals surface area (Å²) in [5.41, 5.74) is 1.37. The van der Waals surface area contributed by atoms with Crippen LogP contribution in [0.3, 0.4) is 0 Å². The van der Waals surface area contributed by atoms with Crippen molar-refractivity contribution in [3.8, 4) is 5.75 Å². The maximum atomic E-state index is 14.5. The molecule has 0 radical (unpaired) electrons. The van der Waals surface area contributed by atoms with Gasteiger partial charge in [0.2, 0.25) is 0 Å². The van der Waals surface area contributed by atoms with Gasteiger partial charge < -0.3 is 9.72 Å². The van der Waals surface area contributed by atoms with E-state index in [9.17, 15) is 13.6 Å². The third-order valence-corrected chi connectivity index (χ3v) is 4.39. The largest absolute Gasteiger partial charge is 0.486 e. The van der Waals surface area contributed by atoms with Crippen molar-refractivity contribution in [2.75, 3.05) is 6.54 Å². The van der Waals surface area contributed by atoms with E-state index in [0.717, 1.165) is 17.7 Å². The van der Waals surface area contributed by atoms with Crippen molar-refractivity contribution in [3.63, 3.8) is 0 Å². The van der Waals surface area contributed by atoms with Crippen LogP contribution in [0.25, 0.3) is 6.08 Å². The molecule has 0 unspecified atom stereocenters. The average Bonchev–Trinajstić information content (AvgIpc) is 3.13. The molecule has 0 saturated carbocycles. The molecule has 0 bridgehead atoms. The Bertz CT molecular complexity index is 1120. The Labute approximate surface area is 153 Å². The van der Waals surface area contributed by atoms with Gasteiger partial charge in [0, 0.05) is 29.6 Å². The van der Waals surface area contributed by atoms with Gasteiger partial charge in [-0.3, -0.25) is 9.79 Å². The quantitative estimate of drug-likeness (QED) is 0.706. The van der Waals surface area contributed by atoms with Gasteiger partial charge in [0.15, 0.2) is 17.3 Å². The Morgan fingerprint density at radius 1 is 1.11 bits per heavy atom. The number of hydrogen-bond acceptors (Lipinski definition) is 3. The van der Waals surface area contributed by atoms with E-state index in [1.54, 1.807) is 0 Å². The summed E-state index contributed by atoms with van der Waals surface area (Å²) in [7, 11) is 0. The first kappa shape index (κ1) is 17.1. The van der Waals surface area contributed by atoms with E-state index in [0.29, 0.717) is 23.7 Å². The van der Waals surface area contributed by atoms with Crippen LogP contribution in [0.4, 0.5) is 8.78 Å². The number of halogens is 2. The van der Waals surface area contributed by atoms with E-state index in [-0.39, 0.29) is 23.5 Å². The fourth-order valence-corrected chi connectivity index (χ4v) is 3.03. The number of rotatable bonds is 5. The van der Waals surface area contributed by atoms with Gasteiger partial charge in [0.1, 0.15) is 17.9 Å². The minimum atomic E-state index is -0.827. The van der Waals surface area contributed by atoms with Crippen LogP contribution in [0, 0.1) is 11.6 Å². The zero-order valence-corrected chi connectivity index (χ0v) is 14.3. The summed E-state index contributed by atoms with van der Waals surface area (Å²) in [6, 6.07) is 11.0. The van der Waals surface area contributed by atoms with E-state index in [4.69, 9.17) is 4.74 Å². The number of nitrogens with zero attached hydrogens (tertiary/aromatic N) is 1. The molecule has 4 nitrogen and oxygen atoms in total. The molecule has 1 N–H and O–H groups in total. The lowest BCUT2D eigenvalue weighted by atomic mass is 10.0. The number of aromatic amines is 1. The monoisotopic (exact) mass is 366 g/mol. The molecular formula is C21H16F2N2O2. The normalized spacial score (nSPS) is 12.7. The summed E-state index contributed by atoms with van der Waals surface area (Å²) in [4.78, 5) is 19.9. The van der Waals surface area contributed by atoms with Crippen molar-refractivity contribution in [2.45, 2.75) is 13.0 Å². The van der Waals surface area contributed by atoms with Crippen LogP contribution in [-0.4, -0.2) is 17.3 Å². The molecular weight excluding hydrogens is 350 g/mol. The van der Waals surface area contributed by atoms with Crippen LogP contribution in [-0.2, 0) is 6.61 Å². The van der Waals surface area contributed by atoms with Crippen LogP contribution in [0.15, 0.2) is 53.7 Å².